The number of Topliss-reactive ketones (excluding diaryl/α,β-unsaturated/α-hetero) is 1. The van der Waals surface area contributed by atoms with Crippen molar-refractivity contribution in [2.24, 2.45) is 0 Å². The van der Waals surface area contributed by atoms with Crippen molar-refractivity contribution in [3.63, 3.8) is 0 Å². The van der Waals surface area contributed by atoms with Gasteiger partial charge in [-0.3, -0.25) is 4.79 Å². The third-order valence-corrected chi connectivity index (χ3v) is 3.20. The number of rotatable bonds is 4. The van der Waals surface area contributed by atoms with Crippen molar-refractivity contribution in [3.8, 4) is 11.5 Å². The van der Waals surface area contributed by atoms with Gasteiger partial charge in [-0.15, -0.1) is 0 Å². The van der Waals surface area contributed by atoms with Crippen LogP contribution in [0.15, 0.2) is 18.2 Å². The topological polar surface area (TPSA) is 59.0 Å². The van der Waals surface area contributed by atoms with Gasteiger partial charge < -0.3 is 19.5 Å². The molecule has 98 valence electrons. The Morgan fingerprint density at radius 2 is 1.95 bits per heavy atom. The zero-order valence-electron chi connectivity index (χ0n) is 11.2. The molecular weight excluding hydrogens is 255 g/mol. The summed E-state index contributed by atoms with van der Waals surface area (Å²) in [4.78, 5) is 13.8. The lowest BCUT2D eigenvalue weighted by atomic mass is 9.76. The average molecular weight is 267 g/mol. The van der Waals surface area contributed by atoms with Gasteiger partial charge in [0.1, 0.15) is 0 Å². The standard InChI is InChI=1S/C12H12B3NO4/c1-6(16(2)11(13)14)10(17)7-3-4-8-9(5-7)20-12(15,18)19-8/h3-6,11,18H,1-2H3. The van der Waals surface area contributed by atoms with Crippen molar-refractivity contribution in [2.45, 2.75) is 24.7 Å². The van der Waals surface area contributed by atoms with Crippen molar-refractivity contribution in [1.29, 1.82) is 0 Å². The largest absolute Gasteiger partial charge is 0.435 e. The summed E-state index contributed by atoms with van der Waals surface area (Å²) in [6.07, 6.45) is 0. The summed E-state index contributed by atoms with van der Waals surface area (Å²) < 4.78 is 9.89. The molecule has 8 heteroatoms. The fraction of sp³-hybridized carbons (Fsp3) is 0.417. The number of ether oxygens (including phenoxy) is 2. The Labute approximate surface area is 121 Å². The Balaban J connectivity index is 2.21. The van der Waals surface area contributed by atoms with E-state index < -0.39 is 17.8 Å². The monoisotopic (exact) mass is 267 g/mol. The fourth-order valence-electron chi connectivity index (χ4n) is 1.85. The van der Waals surface area contributed by atoms with E-state index in [1.54, 1.807) is 20.0 Å². The predicted molar refractivity (Wildman–Crippen MR) is 75.3 cm³/mol. The number of benzene rings is 1. The van der Waals surface area contributed by atoms with E-state index in [1.165, 1.54) is 17.0 Å². The van der Waals surface area contributed by atoms with Crippen LogP contribution in [0.5, 0.6) is 11.5 Å². The van der Waals surface area contributed by atoms with E-state index in [0.717, 1.165) is 0 Å². The normalized spacial score (nSPS) is 22.2. The summed E-state index contributed by atoms with van der Waals surface area (Å²) >= 11 is 0. The summed E-state index contributed by atoms with van der Waals surface area (Å²) in [5.41, 5.74) is 0.380. The third kappa shape index (κ3) is 2.86. The van der Waals surface area contributed by atoms with Crippen LogP contribution in [0.4, 0.5) is 0 Å². The molecule has 0 amide bonds. The van der Waals surface area contributed by atoms with Crippen molar-refractivity contribution in [1.82, 2.24) is 4.90 Å². The first kappa shape index (κ1) is 15.0. The first-order valence-corrected chi connectivity index (χ1v) is 6.02. The Morgan fingerprint density at radius 3 is 2.55 bits per heavy atom. The van der Waals surface area contributed by atoms with Crippen molar-refractivity contribution >= 4 is 29.3 Å². The molecule has 20 heavy (non-hydrogen) atoms. The van der Waals surface area contributed by atoms with E-state index in [4.69, 9.17) is 33.0 Å². The van der Waals surface area contributed by atoms with Crippen LogP contribution < -0.4 is 9.47 Å². The molecule has 1 aromatic rings. The number of carbonyl (C=O) groups is 1. The van der Waals surface area contributed by atoms with Gasteiger partial charge in [0, 0.05) is 5.56 Å². The molecule has 2 rings (SSSR count). The van der Waals surface area contributed by atoms with Crippen molar-refractivity contribution in [3.05, 3.63) is 23.8 Å². The second-order valence-electron chi connectivity index (χ2n) is 4.69. The number of likely N-dealkylation sites (N-methyl/N-ethyl adjacent to an activating group) is 1. The highest BCUT2D eigenvalue weighted by atomic mass is 16.8. The molecule has 0 fully saturated rings. The van der Waals surface area contributed by atoms with Gasteiger partial charge in [-0.2, -0.15) is 0 Å². The Hall–Kier alpha value is -1.40. The lowest BCUT2D eigenvalue weighted by molar-refractivity contribution is -0.178. The van der Waals surface area contributed by atoms with Crippen LogP contribution in [-0.2, 0) is 0 Å². The summed E-state index contributed by atoms with van der Waals surface area (Å²) in [5.74, 6) is -2.66. The lowest BCUT2D eigenvalue weighted by Crippen LogP contribution is -2.43. The first-order valence-electron chi connectivity index (χ1n) is 6.02. The molecule has 1 heterocycles. The summed E-state index contributed by atoms with van der Waals surface area (Å²) in [6, 6.07) is 4.00. The minimum absolute atomic E-state index is 0.188. The van der Waals surface area contributed by atoms with E-state index in [1.807, 2.05) is 0 Å². The SMILES string of the molecule is [B]C([B])N(C)C(C)C(=O)c1ccc2c(c1)OC([B])(O)O2. The predicted octanol–water partition coefficient (Wildman–Crippen LogP) is -0.647. The third-order valence-electron chi connectivity index (χ3n) is 3.20. The van der Waals surface area contributed by atoms with Crippen molar-refractivity contribution in [2.75, 3.05) is 7.05 Å². The number of carbonyl (C=O) groups excluding carboxylic acids is 1. The maximum absolute atomic E-state index is 12.3. The van der Waals surface area contributed by atoms with E-state index in [9.17, 15) is 9.90 Å². The number of hydrogen-bond donors (Lipinski definition) is 1. The van der Waals surface area contributed by atoms with Crippen LogP contribution in [0.1, 0.15) is 17.3 Å². The van der Waals surface area contributed by atoms with Gasteiger partial charge in [-0.25, -0.2) is 0 Å². The van der Waals surface area contributed by atoms with E-state index >= 15 is 0 Å². The van der Waals surface area contributed by atoms with E-state index in [2.05, 4.69) is 0 Å². The Bertz CT molecular complexity index is 535. The van der Waals surface area contributed by atoms with Crippen LogP contribution in [0.25, 0.3) is 0 Å². The minimum Gasteiger partial charge on any atom is -0.435 e. The minimum atomic E-state index is -2.20. The molecule has 1 aromatic carbocycles. The molecule has 2 unspecified atom stereocenters. The maximum Gasteiger partial charge on any atom is 0.302 e. The Kier molecular flexibility index (Phi) is 3.89. The molecule has 1 aliphatic rings. The van der Waals surface area contributed by atoms with Gasteiger partial charge in [0.15, 0.2) is 17.3 Å². The second kappa shape index (κ2) is 5.18. The second-order valence-corrected chi connectivity index (χ2v) is 4.69. The van der Waals surface area contributed by atoms with E-state index in [0.29, 0.717) is 5.56 Å². The molecule has 6 radical (unpaired) electrons. The maximum atomic E-state index is 12.3. The highest BCUT2D eigenvalue weighted by Gasteiger charge is 2.34. The molecule has 2 atom stereocenters. The summed E-state index contributed by atoms with van der Waals surface area (Å²) in [7, 11) is 18.0. The molecule has 0 saturated carbocycles. The smallest absolute Gasteiger partial charge is 0.302 e. The summed E-state index contributed by atoms with van der Waals surface area (Å²) in [6.45, 7) is 1.69. The first-order chi connectivity index (χ1) is 9.21. The zero-order chi connectivity index (χ0) is 15.1. The molecule has 0 bridgehead atoms. The molecular formula is C12H12B3NO4. The molecule has 0 aromatic heterocycles. The molecule has 1 aliphatic heterocycles. The van der Waals surface area contributed by atoms with Gasteiger partial charge in [0.05, 0.1) is 21.7 Å². The lowest BCUT2D eigenvalue weighted by Gasteiger charge is -2.28. The van der Waals surface area contributed by atoms with E-state index in [-0.39, 0.29) is 17.3 Å². The van der Waals surface area contributed by atoms with Crippen LogP contribution in [0.3, 0.4) is 0 Å². The number of fused-ring (bicyclic) bond motifs is 1. The summed E-state index contributed by atoms with van der Waals surface area (Å²) in [5, 5.41) is 9.42. The number of aliphatic hydroxyl groups is 1. The van der Waals surface area contributed by atoms with Gasteiger partial charge in [0.25, 0.3) is 0 Å². The number of hydrogen-bond acceptors (Lipinski definition) is 5. The molecule has 1 N–H and O–H groups in total. The van der Waals surface area contributed by atoms with Crippen LogP contribution in [0, 0.1) is 0 Å². The molecule has 5 nitrogen and oxygen atoms in total. The molecule has 0 saturated heterocycles. The quantitative estimate of drug-likeness (QED) is 0.580. The van der Waals surface area contributed by atoms with Gasteiger partial charge in [-0.1, -0.05) is 5.84 Å². The average Bonchev–Trinajstić information content (AvgIpc) is 2.68. The zero-order valence-corrected chi connectivity index (χ0v) is 11.2. The van der Waals surface area contributed by atoms with Crippen LogP contribution >= 0.6 is 0 Å². The number of ketones is 1. The van der Waals surface area contributed by atoms with Gasteiger partial charge in [-0.05, 0) is 32.2 Å². The highest BCUT2D eigenvalue weighted by Crippen LogP contribution is 2.38. The van der Waals surface area contributed by atoms with Crippen LogP contribution in [-0.4, -0.2) is 64.1 Å². The van der Waals surface area contributed by atoms with Gasteiger partial charge in [0.2, 0.25) is 7.85 Å². The van der Waals surface area contributed by atoms with Gasteiger partial charge >= 0.3 is 5.87 Å². The number of nitrogens with zero attached hydrogens (tertiary/aromatic N) is 1. The highest BCUT2D eigenvalue weighted by molar-refractivity contribution is 6.35. The molecule has 0 aliphatic carbocycles. The van der Waals surface area contributed by atoms with Crippen LogP contribution in [0.2, 0.25) is 0 Å². The Morgan fingerprint density at radius 1 is 1.35 bits per heavy atom. The molecule has 0 spiro atoms. The fourth-order valence-corrected chi connectivity index (χ4v) is 1.85. The van der Waals surface area contributed by atoms with Crippen molar-refractivity contribution < 1.29 is 19.4 Å².